The van der Waals surface area contributed by atoms with Crippen molar-refractivity contribution in [3.8, 4) is 17.1 Å². The summed E-state index contributed by atoms with van der Waals surface area (Å²) in [4.78, 5) is 9.60. The van der Waals surface area contributed by atoms with E-state index in [0.717, 1.165) is 66.6 Å². The van der Waals surface area contributed by atoms with Crippen LogP contribution in [0.1, 0.15) is 48.4 Å². The third-order valence-electron chi connectivity index (χ3n) is 6.29. The molecule has 2 aliphatic heterocycles. The van der Waals surface area contributed by atoms with Crippen LogP contribution in [0.25, 0.3) is 17.0 Å². The number of rotatable bonds is 5. The molecule has 1 saturated carbocycles. The van der Waals surface area contributed by atoms with Gasteiger partial charge in [-0.1, -0.05) is 0 Å². The van der Waals surface area contributed by atoms with E-state index in [2.05, 4.69) is 21.7 Å². The fraction of sp³-hybridized carbons (Fsp3) is 0.500. The number of methoxy groups -OCH3 is 1. The van der Waals surface area contributed by atoms with Crippen molar-refractivity contribution in [1.82, 2.24) is 24.9 Å². The van der Waals surface area contributed by atoms with E-state index >= 15 is 0 Å². The van der Waals surface area contributed by atoms with E-state index in [-0.39, 0.29) is 0 Å². The molecule has 6 rings (SSSR count). The fourth-order valence-electron chi connectivity index (χ4n) is 4.49. The van der Waals surface area contributed by atoms with Gasteiger partial charge in [0.2, 0.25) is 0 Å². The molecule has 8 nitrogen and oxygen atoms in total. The van der Waals surface area contributed by atoms with Gasteiger partial charge in [0.25, 0.3) is 0 Å². The molecule has 0 spiro atoms. The number of piperidine rings is 1. The Hall–Kier alpha value is -2.71. The molecule has 2 fully saturated rings. The second kappa shape index (κ2) is 7.21. The van der Waals surface area contributed by atoms with Crippen LogP contribution < -0.4 is 15.4 Å². The maximum Gasteiger partial charge on any atom is 0.157 e. The van der Waals surface area contributed by atoms with Crippen LogP contribution >= 0.6 is 0 Å². The highest BCUT2D eigenvalue weighted by molar-refractivity contribution is 5.66. The molecule has 0 radical (unpaired) electrons. The van der Waals surface area contributed by atoms with E-state index in [1.807, 2.05) is 16.8 Å². The smallest absolute Gasteiger partial charge is 0.157 e. The van der Waals surface area contributed by atoms with Crippen LogP contribution in [0.5, 0.6) is 5.75 Å². The molecule has 1 atom stereocenters. The summed E-state index contributed by atoms with van der Waals surface area (Å²) in [5, 5.41) is 12.0. The lowest BCUT2D eigenvalue weighted by Gasteiger charge is -2.25. The molecule has 0 bridgehead atoms. The van der Waals surface area contributed by atoms with Crippen LogP contribution in [0.15, 0.2) is 18.3 Å². The van der Waals surface area contributed by atoms with Crippen LogP contribution in [-0.2, 0) is 18.0 Å². The minimum absolute atomic E-state index is 0.386. The first kappa shape index (κ1) is 18.1. The van der Waals surface area contributed by atoms with Crippen molar-refractivity contribution in [2.75, 3.05) is 25.5 Å². The van der Waals surface area contributed by atoms with Crippen LogP contribution in [0.2, 0.25) is 0 Å². The number of nitrogens with one attached hydrogen (secondary N) is 2. The van der Waals surface area contributed by atoms with Gasteiger partial charge in [-0.25, -0.2) is 14.5 Å². The van der Waals surface area contributed by atoms with Crippen molar-refractivity contribution in [2.24, 2.45) is 0 Å². The molecule has 0 unspecified atom stereocenters. The Labute approximate surface area is 175 Å². The predicted octanol–water partition coefficient (Wildman–Crippen LogP) is 2.87. The first-order valence-electron chi connectivity index (χ1n) is 10.8. The van der Waals surface area contributed by atoms with E-state index in [9.17, 15) is 0 Å². The largest absolute Gasteiger partial charge is 0.495 e. The minimum atomic E-state index is 0.386. The first-order chi connectivity index (χ1) is 14.8. The molecule has 1 saturated heterocycles. The summed E-state index contributed by atoms with van der Waals surface area (Å²) in [6, 6.07) is 4.49. The van der Waals surface area contributed by atoms with Crippen LogP contribution in [0.4, 0.5) is 5.82 Å². The van der Waals surface area contributed by atoms with Gasteiger partial charge in [0, 0.05) is 30.1 Å². The maximum absolute atomic E-state index is 5.74. The normalized spacial score (nSPS) is 21.0. The number of ether oxygens (including phenoxy) is 2. The van der Waals surface area contributed by atoms with E-state index in [0.29, 0.717) is 25.2 Å². The fourth-order valence-corrected chi connectivity index (χ4v) is 4.49. The molecule has 3 aliphatic rings. The lowest BCUT2D eigenvalue weighted by molar-refractivity contribution is 0.134. The van der Waals surface area contributed by atoms with Crippen molar-refractivity contribution in [1.29, 1.82) is 0 Å². The molecule has 2 N–H and O–H groups in total. The van der Waals surface area contributed by atoms with Crippen molar-refractivity contribution >= 4 is 11.5 Å². The van der Waals surface area contributed by atoms with Gasteiger partial charge in [-0.05, 0) is 43.9 Å². The predicted molar refractivity (Wildman–Crippen MR) is 113 cm³/mol. The number of pyridine rings is 1. The quantitative estimate of drug-likeness (QED) is 0.674. The lowest BCUT2D eigenvalue weighted by atomic mass is 10.1. The van der Waals surface area contributed by atoms with Crippen LogP contribution in [0, 0.1) is 0 Å². The SMILES string of the molecule is COc1cc2ncc(-c3cc4c(c(N[C@H]5CCCNC5)n3)COC4)n2nc1C1CC1. The lowest BCUT2D eigenvalue weighted by Crippen LogP contribution is -2.38. The van der Waals surface area contributed by atoms with Gasteiger partial charge in [0.15, 0.2) is 5.65 Å². The Morgan fingerprint density at radius 3 is 2.97 bits per heavy atom. The Bertz CT molecular complexity index is 1100. The summed E-state index contributed by atoms with van der Waals surface area (Å²) in [5.74, 6) is 2.24. The Morgan fingerprint density at radius 2 is 2.17 bits per heavy atom. The van der Waals surface area contributed by atoms with Gasteiger partial charge in [-0.2, -0.15) is 5.10 Å². The van der Waals surface area contributed by atoms with Crippen molar-refractivity contribution in [3.05, 3.63) is 35.2 Å². The molecular weight excluding hydrogens is 380 g/mol. The minimum Gasteiger partial charge on any atom is -0.495 e. The molecule has 0 amide bonds. The maximum atomic E-state index is 5.74. The highest BCUT2D eigenvalue weighted by atomic mass is 16.5. The van der Waals surface area contributed by atoms with E-state index in [1.54, 1.807) is 7.11 Å². The highest BCUT2D eigenvalue weighted by Gasteiger charge is 2.30. The zero-order valence-corrected chi connectivity index (χ0v) is 17.1. The molecule has 3 aromatic heterocycles. The zero-order valence-electron chi connectivity index (χ0n) is 17.1. The number of hydrogen-bond donors (Lipinski definition) is 2. The number of anilines is 1. The van der Waals surface area contributed by atoms with Crippen LogP contribution in [0.3, 0.4) is 0 Å². The molecule has 1 aliphatic carbocycles. The third-order valence-corrected chi connectivity index (χ3v) is 6.29. The average molecular weight is 406 g/mol. The number of aromatic nitrogens is 4. The topological polar surface area (TPSA) is 85.6 Å². The number of nitrogens with zero attached hydrogens (tertiary/aromatic N) is 4. The van der Waals surface area contributed by atoms with Gasteiger partial charge in [0.05, 0.1) is 32.2 Å². The molecule has 8 heteroatoms. The first-order valence-corrected chi connectivity index (χ1v) is 10.8. The monoisotopic (exact) mass is 406 g/mol. The molecule has 0 aromatic carbocycles. The molecule has 5 heterocycles. The summed E-state index contributed by atoms with van der Waals surface area (Å²) in [6.45, 7) is 3.28. The summed E-state index contributed by atoms with van der Waals surface area (Å²) in [7, 11) is 1.70. The van der Waals surface area contributed by atoms with Gasteiger partial charge in [-0.3, -0.25) is 0 Å². The summed E-state index contributed by atoms with van der Waals surface area (Å²) < 4.78 is 13.2. The Kier molecular flexibility index (Phi) is 4.35. The third kappa shape index (κ3) is 3.11. The van der Waals surface area contributed by atoms with E-state index < -0.39 is 0 Å². The highest BCUT2D eigenvalue weighted by Crippen LogP contribution is 2.43. The average Bonchev–Trinajstić information content (AvgIpc) is 3.36. The standard InChI is InChI=1S/C22H26N6O2/c1-29-19-8-20-24-10-18(28(20)27-21(19)13-4-5-13)17-7-14-11-30-12-16(14)22(26-17)25-15-3-2-6-23-9-15/h7-8,10,13,15,23H,2-6,9,11-12H2,1H3,(H,25,26)/t15-/m0/s1. The van der Waals surface area contributed by atoms with Crippen molar-refractivity contribution in [3.63, 3.8) is 0 Å². The number of hydrogen-bond acceptors (Lipinski definition) is 7. The second-order valence-corrected chi connectivity index (χ2v) is 8.46. The Balaban J connectivity index is 1.43. The molecular formula is C22H26N6O2. The van der Waals surface area contributed by atoms with Crippen molar-refractivity contribution < 1.29 is 9.47 Å². The summed E-state index contributed by atoms with van der Waals surface area (Å²) in [5.41, 5.74) is 5.92. The van der Waals surface area contributed by atoms with Gasteiger partial charge in [0.1, 0.15) is 23.0 Å². The van der Waals surface area contributed by atoms with Gasteiger partial charge < -0.3 is 20.1 Å². The Morgan fingerprint density at radius 1 is 1.23 bits per heavy atom. The second-order valence-electron chi connectivity index (χ2n) is 8.46. The van der Waals surface area contributed by atoms with Crippen LogP contribution in [-0.4, -0.2) is 45.8 Å². The van der Waals surface area contributed by atoms with E-state index in [4.69, 9.17) is 19.6 Å². The van der Waals surface area contributed by atoms with Crippen molar-refractivity contribution in [2.45, 2.75) is 50.9 Å². The van der Waals surface area contributed by atoms with Gasteiger partial charge in [-0.15, -0.1) is 0 Å². The summed E-state index contributed by atoms with van der Waals surface area (Å²) in [6.07, 6.45) is 6.51. The van der Waals surface area contributed by atoms with E-state index in [1.165, 1.54) is 17.5 Å². The molecule has 3 aromatic rings. The number of imidazole rings is 1. The number of fused-ring (bicyclic) bond motifs is 2. The zero-order chi connectivity index (χ0) is 20.1. The summed E-state index contributed by atoms with van der Waals surface area (Å²) >= 11 is 0. The molecule has 156 valence electrons. The molecule has 30 heavy (non-hydrogen) atoms. The van der Waals surface area contributed by atoms with Gasteiger partial charge >= 0.3 is 0 Å².